The molecule has 18 heavy (non-hydrogen) atoms. The van der Waals surface area contributed by atoms with E-state index in [0.717, 1.165) is 34.1 Å². The molecule has 1 aromatic carbocycles. The molecular formula is C14H19BrN2O. The Hall–Kier alpha value is -1.03. The number of nitrogens with one attached hydrogen (secondary N) is 2. The SMILES string of the molecule is Cc1cc(NC(=O)NC2CCCC2)cc(C)c1Br. The second-order valence-electron chi connectivity index (χ2n) is 5.00. The zero-order chi connectivity index (χ0) is 13.1. The van der Waals surface area contributed by atoms with E-state index in [1.807, 2.05) is 26.0 Å². The van der Waals surface area contributed by atoms with Crippen LogP contribution in [-0.4, -0.2) is 12.1 Å². The van der Waals surface area contributed by atoms with Crippen molar-refractivity contribution in [3.05, 3.63) is 27.7 Å². The largest absolute Gasteiger partial charge is 0.335 e. The molecule has 1 fully saturated rings. The fourth-order valence-electron chi connectivity index (χ4n) is 2.44. The van der Waals surface area contributed by atoms with Gasteiger partial charge < -0.3 is 10.6 Å². The van der Waals surface area contributed by atoms with Gasteiger partial charge in [0.25, 0.3) is 0 Å². The Morgan fingerprint density at radius 1 is 1.22 bits per heavy atom. The minimum atomic E-state index is -0.0944. The summed E-state index contributed by atoms with van der Waals surface area (Å²) in [6, 6.07) is 4.21. The van der Waals surface area contributed by atoms with Gasteiger partial charge in [0.1, 0.15) is 0 Å². The number of hydrogen-bond donors (Lipinski definition) is 2. The van der Waals surface area contributed by atoms with Crippen LogP contribution in [0.4, 0.5) is 10.5 Å². The van der Waals surface area contributed by atoms with Gasteiger partial charge in [0.15, 0.2) is 0 Å². The van der Waals surface area contributed by atoms with Crippen molar-refractivity contribution in [2.75, 3.05) is 5.32 Å². The van der Waals surface area contributed by atoms with Gasteiger partial charge in [-0.2, -0.15) is 0 Å². The highest BCUT2D eigenvalue weighted by molar-refractivity contribution is 9.10. The molecule has 1 saturated carbocycles. The molecule has 1 aliphatic carbocycles. The summed E-state index contributed by atoms with van der Waals surface area (Å²) in [4.78, 5) is 11.8. The molecule has 0 radical (unpaired) electrons. The van der Waals surface area contributed by atoms with Gasteiger partial charge in [-0.1, -0.05) is 28.8 Å². The summed E-state index contributed by atoms with van der Waals surface area (Å²) in [7, 11) is 0. The highest BCUT2D eigenvalue weighted by Gasteiger charge is 2.17. The Bertz CT molecular complexity index is 430. The Labute approximate surface area is 116 Å². The lowest BCUT2D eigenvalue weighted by Crippen LogP contribution is -2.36. The summed E-state index contributed by atoms with van der Waals surface area (Å²) in [6.07, 6.45) is 4.65. The molecule has 0 aromatic heterocycles. The topological polar surface area (TPSA) is 41.1 Å². The van der Waals surface area contributed by atoms with E-state index in [0.29, 0.717) is 6.04 Å². The van der Waals surface area contributed by atoms with E-state index < -0.39 is 0 Å². The molecule has 0 heterocycles. The van der Waals surface area contributed by atoms with E-state index in [4.69, 9.17) is 0 Å². The summed E-state index contributed by atoms with van der Waals surface area (Å²) < 4.78 is 1.10. The molecular weight excluding hydrogens is 292 g/mol. The minimum absolute atomic E-state index is 0.0944. The molecule has 2 N–H and O–H groups in total. The zero-order valence-corrected chi connectivity index (χ0v) is 12.4. The van der Waals surface area contributed by atoms with Crippen molar-refractivity contribution in [3.63, 3.8) is 0 Å². The van der Waals surface area contributed by atoms with Crippen LogP contribution in [0, 0.1) is 13.8 Å². The second kappa shape index (κ2) is 5.74. The molecule has 1 aromatic rings. The van der Waals surface area contributed by atoms with Crippen molar-refractivity contribution >= 4 is 27.6 Å². The maximum Gasteiger partial charge on any atom is 0.319 e. The zero-order valence-electron chi connectivity index (χ0n) is 10.8. The van der Waals surface area contributed by atoms with Crippen LogP contribution in [0.15, 0.2) is 16.6 Å². The fourth-order valence-corrected chi connectivity index (χ4v) is 2.67. The van der Waals surface area contributed by atoms with Crippen molar-refractivity contribution < 1.29 is 4.79 Å². The highest BCUT2D eigenvalue weighted by Crippen LogP contribution is 2.25. The quantitative estimate of drug-likeness (QED) is 0.847. The summed E-state index contributed by atoms with van der Waals surface area (Å²) in [6.45, 7) is 4.05. The first-order chi connectivity index (χ1) is 8.56. The lowest BCUT2D eigenvalue weighted by Gasteiger charge is -2.14. The van der Waals surface area contributed by atoms with Crippen LogP contribution in [-0.2, 0) is 0 Å². The smallest absolute Gasteiger partial charge is 0.319 e. The van der Waals surface area contributed by atoms with Crippen molar-refractivity contribution in [2.45, 2.75) is 45.6 Å². The molecule has 2 amide bonds. The van der Waals surface area contributed by atoms with E-state index >= 15 is 0 Å². The monoisotopic (exact) mass is 310 g/mol. The van der Waals surface area contributed by atoms with Gasteiger partial charge in [0, 0.05) is 16.2 Å². The van der Waals surface area contributed by atoms with Gasteiger partial charge in [-0.3, -0.25) is 0 Å². The Kier molecular flexibility index (Phi) is 4.27. The summed E-state index contributed by atoms with van der Waals surface area (Å²) in [5.41, 5.74) is 3.11. The first-order valence-corrected chi connectivity index (χ1v) is 7.20. The number of hydrogen-bond acceptors (Lipinski definition) is 1. The predicted molar refractivity (Wildman–Crippen MR) is 78.0 cm³/mol. The molecule has 0 spiro atoms. The molecule has 0 bridgehead atoms. The molecule has 2 rings (SSSR count). The highest BCUT2D eigenvalue weighted by atomic mass is 79.9. The van der Waals surface area contributed by atoms with Gasteiger partial charge >= 0.3 is 6.03 Å². The third kappa shape index (κ3) is 3.25. The van der Waals surface area contributed by atoms with Crippen LogP contribution in [0.2, 0.25) is 0 Å². The average Bonchev–Trinajstić information content (AvgIpc) is 2.78. The molecule has 0 aliphatic heterocycles. The van der Waals surface area contributed by atoms with Crippen molar-refractivity contribution in [3.8, 4) is 0 Å². The number of benzene rings is 1. The van der Waals surface area contributed by atoms with Gasteiger partial charge in [0.2, 0.25) is 0 Å². The maximum absolute atomic E-state index is 11.8. The molecule has 0 atom stereocenters. The van der Waals surface area contributed by atoms with Crippen molar-refractivity contribution in [1.29, 1.82) is 0 Å². The van der Waals surface area contributed by atoms with E-state index in [2.05, 4.69) is 26.6 Å². The van der Waals surface area contributed by atoms with Gasteiger partial charge in [-0.25, -0.2) is 4.79 Å². The molecule has 1 aliphatic rings. The predicted octanol–water partition coefficient (Wildman–Crippen LogP) is 4.13. The summed E-state index contributed by atoms with van der Waals surface area (Å²) in [5.74, 6) is 0. The van der Waals surface area contributed by atoms with E-state index in [-0.39, 0.29) is 6.03 Å². The maximum atomic E-state index is 11.8. The number of aryl methyl sites for hydroxylation is 2. The van der Waals surface area contributed by atoms with Crippen LogP contribution < -0.4 is 10.6 Å². The van der Waals surface area contributed by atoms with E-state index in [9.17, 15) is 4.79 Å². The lowest BCUT2D eigenvalue weighted by molar-refractivity contribution is 0.248. The molecule has 0 unspecified atom stereocenters. The Morgan fingerprint density at radius 2 is 1.78 bits per heavy atom. The van der Waals surface area contributed by atoms with Gasteiger partial charge in [0.05, 0.1) is 0 Å². The first kappa shape index (κ1) is 13.4. The Balaban J connectivity index is 1.98. The minimum Gasteiger partial charge on any atom is -0.335 e. The molecule has 98 valence electrons. The van der Waals surface area contributed by atoms with E-state index in [1.165, 1.54) is 12.8 Å². The third-order valence-corrected chi connectivity index (χ3v) is 4.64. The number of anilines is 1. The number of halogens is 1. The van der Waals surface area contributed by atoms with Crippen molar-refractivity contribution in [2.24, 2.45) is 0 Å². The molecule has 3 nitrogen and oxygen atoms in total. The van der Waals surface area contributed by atoms with Gasteiger partial charge in [-0.15, -0.1) is 0 Å². The van der Waals surface area contributed by atoms with Crippen LogP contribution in [0.25, 0.3) is 0 Å². The Morgan fingerprint density at radius 3 is 2.33 bits per heavy atom. The summed E-state index contributed by atoms with van der Waals surface area (Å²) >= 11 is 3.52. The molecule has 0 saturated heterocycles. The fraction of sp³-hybridized carbons (Fsp3) is 0.500. The number of amides is 2. The lowest BCUT2D eigenvalue weighted by atomic mass is 10.1. The second-order valence-corrected chi connectivity index (χ2v) is 5.80. The van der Waals surface area contributed by atoms with Crippen LogP contribution >= 0.6 is 15.9 Å². The molecule has 4 heteroatoms. The normalized spacial score (nSPS) is 15.7. The number of urea groups is 1. The standard InChI is InChI=1S/C14H19BrN2O/c1-9-7-12(8-10(2)13(9)15)17-14(18)16-11-5-3-4-6-11/h7-8,11H,3-6H2,1-2H3,(H2,16,17,18). The van der Waals surface area contributed by atoms with E-state index in [1.54, 1.807) is 0 Å². The summed E-state index contributed by atoms with van der Waals surface area (Å²) in [5, 5.41) is 5.93. The average molecular weight is 311 g/mol. The number of carbonyl (C=O) groups is 1. The van der Waals surface area contributed by atoms with Crippen LogP contribution in [0.5, 0.6) is 0 Å². The number of carbonyl (C=O) groups excluding carboxylic acids is 1. The number of rotatable bonds is 2. The van der Waals surface area contributed by atoms with Gasteiger partial charge in [-0.05, 0) is 49.9 Å². The first-order valence-electron chi connectivity index (χ1n) is 6.40. The van der Waals surface area contributed by atoms with Crippen LogP contribution in [0.3, 0.4) is 0 Å². The van der Waals surface area contributed by atoms with Crippen molar-refractivity contribution in [1.82, 2.24) is 5.32 Å². The third-order valence-electron chi connectivity index (χ3n) is 3.38. The van der Waals surface area contributed by atoms with Crippen LogP contribution in [0.1, 0.15) is 36.8 Å².